The molecular weight excluding hydrogens is 626 g/mol. The van der Waals surface area contributed by atoms with E-state index in [0.29, 0.717) is 45.0 Å². The van der Waals surface area contributed by atoms with Crippen LogP contribution in [0.2, 0.25) is 0 Å². The predicted molar refractivity (Wildman–Crippen MR) is 177 cm³/mol. The molecule has 5 aromatic rings. The van der Waals surface area contributed by atoms with Crippen LogP contribution in [0.4, 0.5) is 9.52 Å². The molecule has 1 unspecified atom stereocenters. The number of benzene rings is 2. The number of rotatable bonds is 12. The minimum atomic E-state index is -0.977. The van der Waals surface area contributed by atoms with Gasteiger partial charge in [-0.2, -0.15) is 0 Å². The number of ketones is 1. The minimum Gasteiger partial charge on any atom is -0.505 e. The average Bonchev–Trinajstić information content (AvgIpc) is 3.74. The van der Waals surface area contributed by atoms with Gasteiger partial charge in [0.15, 0.2) is 10.1 Å². The van der Waals surface area contributed by atoms with Crippen LogP contribution in [0.1, 0.15) is 61.2 Å². The van der Waals surface area contributed by atoms with Gasteiger partial charge in [0.05, 0.1) is 23.9 Å². The van der Waals surface area contributed by atoms with Crippen LogP contribution >= 0.6 is 23.1 Å². The summed E-state index contributed by atoms with van der Waals surface area (Å²) >= 11 is 2.56. The van der Waals surface area contributed by atoms with Gasteiger partial charge in [-0.25, -0.2) is 9.37 Å². The van der Waals surface area contributed by atoms with Gasteiger partial charge in [-0.05, 0) is 60.9 Å². The van der Waals surface area contributed by atoms with Crippen molar-refractivity contribution in [1.29, 1.82) is 0 Å². The van der Waals surface area contributed by atoms with Gasteiger partial charge in [-0.3, -0.25) is 18.9 Å². The number of thioether (sulfide) groups is 1. The van der Waals surface area contributed by atoms with Crippen molar-refractivity contribution >= 4 is 51.3 Å². The number of aryl methyl sites for hydroxylation is 1. The van der Waals surface area contributed by atoms with Gasteiger partial charge >= 0.3 is 5.91 Å². The van der Waals surface area contributed by atoms with Crippen LogP contribution in [0.25, 0.3) is 11.4 Å². The Bertz CT molecular complexity index is 1900. The zero-order valence-electron chi connectivity index (χ0n) is 25.4. The molecule has 12 heteroatoms. The number of imidazole rings is 1. The molecule has 0 spiro atoms. The number of aliphatic hydroxyl groups excluding tert-OH is 1. The number of fused-ring (bicyclic) bond motifs is 1. The number of pyridine rings is 1. The van der Waals surface area contributed by atoms with E-state index in [0.717, 1.165) is 31.2 Å². The van der Waals surface area contributed by atoms with E-state index in [1.807, 2.05) is 6.07 Å². The monoisotopic (exact) mass is 657 g/mol. The van der Waals surface area contributed by atoms with Crippen LogP contribution in [0.5, 0.6) is 5.75 Å². The summed E-state index contributed by atoms with van der Waals surface area (Å²) in [6.45, 7) is 4.50. The van der Waals surface area contributed by atoms with Gasteiger partial charge in [-0.15, -0.1) is 10.2 Å². The van der Waals surface area contributed by atoms with E-state index < -0.39 is 17.7 Å². The number of aliphatic hydroxyl groups is 1. The van der Waals surface area contributed by atoms with E-state index in [4.69, 9.17) is 4.74 Å². The number of unbranched alkanes of at least 4 members (excludes halogenated alkanes) is 3. The number of ether oxygens (including phenoxy) is 1. The Balaban J connectivity index is 1.36. The number of carbonyl (C=O) groups is 2. The molecule has 6 rings (SSSR count). The number of anilines is 1. The Morgan fingerprint density at radius 2 is 1.80 bits per heavy atom. The van der Waals surface area contributed by atoms with Crippen LogP contribution in [0.15, 0.2) is 82.8 Å². The first kappa shape index (κ1) is 31.4. The second-order valence-corrected chi connectivity index (χ2v) is 13.1. The second-order valence-electron chi connectivity index (χ2n) is 10.9. The van der Waals surface area contributed by atoms with Gasteiger partial charge in [0, 0.05) is 11.9 Å². The van der Waals surface area contributed by atoms with Crippen molar-refractivity contribution in [3.8, 4) is 5.75 Å². The summed E-state index contributed by atoms with van der Waals surface area (Å²) < 4.78 is 21.5. The number of Topliss-reactive ketones (excluding diaryl/α,β-unsaturated/α-hetero) is 1. The number of hydrogen-bond donors (Lipinski definition) is 1. The fourth-order valence-electron chi connectivity index (χ4n) is 5.42. The number of amides is 1. The fourth-order valence-corrected chi connectivity index (χ4v) is 7.24. The molecule has 236 valence electrons. The highest BCUT2D eigenvalue weighted by Gasteiger charge is 2.49. The molecule has 0 bridgehead atoms. The maximum atomic E-state index is 13.8. The summed E-state index contributed by atoms with van der Waals surface area (Å²) in [5.74, 6) is -1.10. The van der Waals surface area contributed by atoms with Crippen LogP contribution in [0, 0.1) is 12.7 Å². The molecule has 1 aliphatic heterocycles. The number of nitrogens with zero attached hydrogens (tertiary/aromatic N) is 5. The van der Waals surface area contributed by atoms with E-state index in [1.54, 1.807) is 66.1 Å². The van der Waals surface area contributed by atoms with Gasteiger partial charge in [0.2, 0.25) is 5.13 Å². The Morgan fingerprint density at radius 3 is 2.57 bits per heavy atom. The zero-order valence-corrected chi connectivity index (χ0v) is 27.0. The lowest BCUT2D eigenvalue weighted by molar-refractivity contribution is -0.132. The summed E-state index contributed by atoms with van der Waals surface area (Å²) in [6.07, 6.45) is 6.09. The molecule has 1 N–H and O–H groups in total. The highest BCUT2D eigenvalue weighted by Crippen LogP contribution is 2.44. The Morgan fingerprint density at radius 1 is 1.02 bits per heavy atom. The van der Waals surface area contributed by atoms with Crippen molar-refractivity contribution < 1.29 is 23.8 Å². The molecule has 2 aromatic carbocycles. The zero-order chi connectivity index (χ0) is 32.2. The maximum Gasteiger partial charge on any atom is 0.301 e. The quantitative estimate of drug-likeness (QED) is 0.0367. The molecule has 4 heterocycles. The molecule has 9 nitrogen and oxygen atoms in total. The number of carbonyl (C=O) groups excluding carboxylic acids is 2. The summed E-state index contributed by atoms with van der Waals surface area (Å²) in [5, 5.41) is 20.6. The molecule has 46 heavy (non-hydrogen) atoms. The van der Waals surface area contributed by atoms with Crippen molar-refractivity contribution in [2.75, 3.05) is 11.5 Å². The third-order valence-corrected chi connectivity index (χ3v) is 9.84. The topological polar surface area (TPSA) is 110 Å². The van der Waals surface area contributed by atoms with Crippen molar-refractivity contribution in [1.82, 2.24) is 19.6 Å². The minimum absolute atomic E-state index is 0.0669. The molecule has 1 saturated heterocycles. The summed E-state index contributed by atoms with van der Waals surface area (Å²) in [4.78, 5) is 33.3. The molecule has 1 amide bonds. The SMILES string of the molecule is CCCCCCOc1ccc(C2/C(=C(\O)c3c(C)nc4ccccn34)C(=O)C(=O)N2c2nnc(SCc3ccc(F)cc3)s2)cc1. The molecule has 0 radical (unpaired) electrons. The van der Waals surface area contributed by atoms with E-state index in [1.165, 1.54) is 40.1 Å². The van der Waals surface area contributed by atoms with E-state index in [2.05, 4.69) is 22.1 Å². The average molecular weight is 658 g/mol. The van der Waals surface area contributed by atoms with Crippen LogP contribution in [-0.4, -0.2) is 43.0 Å². The molecule has 0 aliphatic carbocycles. The summed E-state index contributed by atoms with van der Waals surface area (Å²) in [5.41, 5.74) is 2.87. The number of aromatic nitrogens is 4. The first-order valence-corrected chi connectivity index (χ1v) is 16.8. The van der Waals surface area contributed by atoms with Gasteiger partial charge in [0.1, 0.15) is 22.9 Å². The molecule has 1 atom stereocenters. The summed E-state index contributed by atoms with van der Waals surface area (Å²) in [6, 6.07) is 17.8. The number of halogens is 1. The Labute approximate surface area is 273 Å². The third-order valence-electron chi connectivity index (χ3n) is 7.71. The molecule has 0 saturated carbocycles. The molecular formula is C34H32FN5O4S2. The number of hydrogen-bond acceptors (Lipinski definition) is 9. The van der Waals surface area contributed by atoms with E-state index in [9.17, 15) is 19.1 Å². The maximum absolute atomic E-state index is 13.8. The van der Waals surface area contributed by atoms with Crippen molar-refractivity contribution in [2.45, 2.75) is 55.7 Å². The lowest BCUT2D eigenvalue weighted by atomic mass is 9.96. The van der Waals surface area contributed by atoms with Crippen molar-refractivity contribution in [2.24, 2.45) is 0 Å². The summed E-state index contributed by atoms with van der Waals surface area (Å²) in [7, 11) is 0. The highest BCUT2D eigenvalue weighted by molar-refractivity contribution is 8.00. The van der Waals surface area contributed by atoms with Crippen LogP contribution in [0.3, 0.4) is 0 Å². The van der Waals surface area contributed by atoms with E-state index >= 15 is 0 Å². The fraction of sp³-hybridized carbons (Fsp3) is 0.265. The molecule has 1 fully saturated rings. The van der Waals surface area contributed by atoms with Crippen LogP contribution < -0.4 is 9.64 Å². The molecule has 1 aliphatic rings. The van der Waals surface area contributed by atoms with Gasteiger partial charge < -0.3 is 9.84 Å². The first-order chi connectivity index (χ1) is 22.4. The Hall–Kier alpha value is -4.55. The molecule has 3 aromatic heterocycles. The largest absolute Gasteiger partial charge is 0.505 e. The first-order valence-electron chi connectivity index (χ1n) is 15.0. The van der Waals surface area contributed by atoms with E-state index in [-0.39, 0.29) is 22.3 Å². The van der Waals surface area contributed by atoms with Gasteiger partial charge in [0.25, 0.3) is 5.78 Å². The third kappa shape index (κ3) is 6.40. The van der Waals surface area contributed by atoms with Crippen molar-refractivity contribution in [3.63, 3.8) is 0 Å². The highest BCUT2D eigenvalue weighted by atomic mass is 32.2. The lowest BCUT2D eigenvalue weighted by Crippen LogP contribution is -2.29. The normalized spacial score (nSPS) is 16.1. The van der Waals surface area contributed by atoms with Crippen LogP contribution in [-0.2, 0) is 15.3 Å². The lowest BCUT2D eigenvalue weighted by Gasteiger charge is -2.22. The van der Waals surface area contributed by atoms with Gasteiger partial charge in [-0.1, -0.05) is 79.6 Å². The van der Waals surface area contributed by atoms with Crippen molar-refractivity contribution in [3.05, 3.63) is 107 Å². The Kier molecular flexibility index (Phi) is 9.46. The second kappa shape index (κ2) is 13.8. The predicted octanol–water partition coefficient (Wildman–Crippen LogP) is 7.51. The standard InChI is InChI=1S/C34H32FN5O4S2/c1-3-4-5-8-19-44-25-16-12-23(13-17-25)29-27(30(41)28-21(2)36-26-9-6-7-18-39(26)28)31(42)32(43)40(29)33-37-38-34(46-33)45-20-22-10-14-24(35)15-11-22/h6-7,9-18,29,41H,3-5,8,19-20H2,1-2H3/b30-27+. The smallest absolute Gasteiger partial charge is 0.301 e.